The Bertz CT molecular complexity index is 950. The minimum Gasteiger partial charge on any atom is -0.337 e. The average Bonchev–Trinajstić information content (AvgIpc) is 3.47. The van der Waals surface area contributed by atoms with E-state index in [0.29, 0.717) is 17.0 Å². The van der Waals surface area contributed by atoms with Gasteiger partial charge in [0.25, 0.3) is 5.91 Å². The molecule has 0 radical (unpaired) electrons. The molecule has 1 saturated carbocycles. The van der Waals surface area contributed by atoms with E-state index in [9.17, 15) is 9.18 Å². The summed E-state index contributed by atoms with van der Waals surface area (Å²) in [6.07, 6.45) is 2.26. The van der Waals surface area contributed by atoms with E-state index >= 15 is 0 Å². The molecule has 0 N–H and O–H groups in total. The van der Waals surface area contributed by atoms with Crippen molar-refractivity contribution < 1.29 is 9.18 Å². The summed E-state index contributed by atoms with van der Waals surface area (Å²) in [5.74, 6) is 0.0668. The molecule has 1 aromatic heterocycles. The summed E-state index contributed by atoms with van der Waals surface area (Å²) in [7, 11) is 1.71. The second-order valence-corrected chi connectivity index (χ2v) is 6.64. The van der Waals surface area contributed by atoms with Crippen molar-refractivity contribution in [3.05, 3.63) is 77.2 Å². The van der Waals surface area contributed by atoms with Crippen LogP contribution in [0.4, 0.5) is 4.39 Å². The van der Waals surface area contributed by atoms with Gasteiger partial charge in [0.2, 0.25) is 0 Å². The van der Waals surface area contributed by atoms with Gasteiger partial charge in [-0.3, -0.25) is 9.78 Å². The zero-order valence-corrected chi connectivity index (χ0v) is 14.1. The number of fused-ring (bicyclic) bond motifs is 1. The fourth-order valence-corrected chi connectivity index (χ4v) is 3.12. The van der Waals surface area contributed by atoms with Crippen LogP contribution in [0.25, 0.3) is 10.9 Å². The minimum atomic E-state index is -0.291. The van der Waals surface area contributed by atoms with Crippen molar-refractivity contribution in [2.45, 2.75) is 25.3 Å². The molecule has 0 spiro atoms. The number of para-hydroxylation sites is 1. The molecular weight excluding hydrogens is 315 g/mol. The van der Waals surface area contributed by atoms with Crippen LogP contribution in [0.5, 0.6) is 0 Å². The van der Waals surface area contributed by atoms with Crippen LogP contribution < -0.4 is 0 Å². The molecule has 4 heteroatoms. The number of rotatable bonds is 4. The van der Waals surface area contributed by atoms with Crippen LogP contribution in [0.1, 0.15) is 40.4 Å². The third-order valence-electron chi connectivity index (χ3n) is 4.67. The van der Waals surface area contributed by atoms with Crippen LogP contribution in [0.3, 0.4) is 0 Å². The zero-order valence-electron chi connectivity index (χ0n) is 14.1. The second kappa shape index (κ2) is 6.28. The molecule has 4 rings (SSSR count). The van der Waals surface area contributed by atoms with Crippen molar-refractivity contribution in [1.29, 1.82) is 0 Å². The predicted octanol–water partition coefficient (Wildman–Crippen LogP) is 4.52. The Balaban J connectivity index is 1.70. The normalized spacial score (nSPS) is 13.8. The zero-order chi connectivity index (χ0) is 17.4. The third kappa shape index (κ3) is 3.12. The van der Waals surface area contributed by atoms with Gasteiger partial charge in [-0.05, 0) is 31.0 Å². The van der Waals surface area contributed by atoms with E-state index in [0.717, 1.165) is 29.4 Å². The van der Waals surface area contributed by atoms with Crippen LogP contribution in [0.2, 0.25) is 0 Å². The van der Waals surface area contributed by atoms with Crippen LogP contribution in [0, 0.1) is 5.82 Å². The standard InChI is InChI=1S/C21H19FN2O/c1-24(13-15-6-2-4-8-18(15)22)21(25)17-12-20(14-10-11-14)23-19-9-5-3-7-16(17)19/h2-9,12,14H,10-11,13H2,1H3. The highest BCUT2D eigenvalue weighted by Gasteiger charge is 2.27. The van der Waals surface area contributed by atoms with Gasteiger partial charge < -0.3 is 4.90 Å². The molecule has 1 amide bonds. The number of nitrogens with zero attached hydrogens (tertiary/aromatic N) is 2. The average molecular weight is 334 g/mol. The Morgan fingerprint density at radius 1 is 1.16 bits per heavy atom. The highest BCUT2D eigenvalue weighted by atomic mass is 19.1. The lowest BCUT2D eigenvalue weighted by Crippen LogP contribution is -2.27. The third-order valence-corrected chi connectivity index (χ3v) is 4.67. The van der Waals surface area contributed by atoms with Crippen molar-refractivity contribution in [1.82, 2.24) is 9.88 Å². The van der Waals surface area contributed by atoms with Gasteiger partial charge in [-0.25, -0.2) is 4.39 Å². The lowest BCUT2D eigenvalue weighted by atomic mass is 10.0. The summed E-state index contributed by atoms with van der Waals surface area (Å²) in [6.45, 7) is 0.237. The Morgan fingerprint density at radius 3 is 2.64 bits per heavy atom. The topological polar surface area (TPSA) is 33.2 Å². The molecule has 25 heavy (non-hydrogen) atoms. The summed E-state index contributed by atoms with van der Waals surface area (Å²) in [5, 5.41) is 0.845. The fraction of sp³-hybridized carbons (Fsp3) is 0.238. The first-order chi connectivity index (χ1) is 12.1. The molecular formula is C21H19FN2O. The first-order valence-electron chi connectivity index (χ1n) is 8.52. The Labute approximate surface area is 146 Å². The van der Waals surface area contributed by atoms with Gasteiger partial charge >= 0.3 is 0 Å². The smallest absolute Gasteiger partial charge is 0.254 e. The largest absolute Gasteiger partial charge is 0.337 e. The lowest BCUT2D eigenvalue weighted by molar-refractivity contribution is 0.0785. The van der Waals surface area contributed by atoms with E-state index in [2.05, 4.69) is 0 Å². The molecule has 0 atom stereocenters. The summed E-state index contributed by atoms with van der Waals surface area (Å²) in [4.78, 5) is 19.3. The summed E-state index contributed by atoms with van der Waals surface area (Å²) < 4.78 is 13.9. The fourth-order valence-electron chi connectivity index (χ4n) is 3.12. The molecule has 3 nitrogen and oxygen atoms in total. The van der Waals surface area contributed by atoms with E-state index in [-0.39, 0.29) is 18.3 Å². The van der Waals surface area contributed by atoms with Crippen LogP contribution >= 0.6 is 0 Å². The number of hydrogen-bond donors (Lipinski definition) is 0. The van der Waals surface area contributed by atoms with Gasteiger partial charge in [-0.15, -0.1) is 0 Å². The van der Waals surface area contributed by atoms with Crippen LogP contribution in [-0.2, 0) is 6.54 Å². The van der Waals surface area contributed by atoms with Gasteiger partial charge in [0.05, 0.1) is 11.1 Å². The molecule has 1 fully saturated rings. The summed E-state index contributed by atoms with van der Waals surface area (Å²) in [5.41, 5.74) is 2.99. The predicted molar refractivity (Wildman–Crippen MR) is 95.9 cm³/mol. The van der Waals surface area contributed by atoms with Crippen molar-refractivity contribution >= 4 is 16.8 Å². The van der Waals surface area contributed by atoms with Crippen LogP contribution in [0.15, 0.2) is 54.6 Å². The summed E-state index contributed by atoms with van der Waals surface area (Å²) >= 11 is 0. The van der Waals surface area contributed by atoms with Gasteiger partial charge in [-0.2, -0.15) is 0 Å². The Morgan fingerprint density at radius 2 is 1.88 bits per heavy atom. The van der Waals surface area contributed by atoms with Crippen LogP contribution in [-0.4, -0.2) is 22.8 Å². The molecule has 2 aromatic carbocycles. The number of amides is 1. The Kier molecular flexibility index (Phi) is 3.96. The van der Waals surface area contributed by atoms with E-state index in [1.165, 1.54) is 6.07 Å². The maximum Gasteiger partial charge on any atom is 0.254 e. The maximum absolute atomic E-state index is 13.9. The van der Waals surface area contributed by atoms with Crippen molar-refractivity contribution in [2.24, 2.45) is 0 Å². The summed E-state index contributed by atoms with van der Waals surface area (Å²) in [6, 6.07) is 16.2. The van der Waals surface area contributed by atoms with Crippen molar-refractivity contribution in [2.75, 3.05) is 7.05 Å². The monoisotopic (exact) mass is 334 g/mol. The molecule has 1 aliphatic rings. The van der Waals surface area contributed by atoms with Gasteiger partial charge in [0, 0.05) is 36.2 Å². The molecule has 1 aliphatic carbocycles. The molecule has 0 aliphatic heterocycles. The lowest BCUT2D eigenvalue weighted by Gasteiger charge is -2.19. The number of halogens is 1. The first-order valence-corrected chi connectivity index (χ1v) is 8.52. The van der Waals surface area contributed by atoms with Gasteiger partial charge in [0.1, 0.15) is 5.82 Å². The number of aromatic nitrogens is 1. The molecule has 126 valence electrons. The quantitative estimate of drug-likeness (QED) is 0.702. The van der Waals surface area contributed by atoms with Crippen molar-refractivity contribution in [3.63, 3.8) is 0 Å². The molecule has 0 unspecified atom stereocenters. The number of pyridine rings is 1. The van der Waals surface area contributed by atoms with Crippen molar-refractivity contribution in [3.8, 4) is 0 Å². The highest BCUT2D eigenvalue weighted by molar-refractivity contribution is 6.06. The maximum atomic E-state index is 13.9. The van der Waals surface area contributed by atoms with E-state index in [4.69, 9.17) is 4.98 Å². The number of carbonyl (C=O) groups is 1. The number of benzene rings is 2. The molecule has 3 aromatic rings. The molecule has 0 bridgehead atoms. The molecule has 1 heterocycles. The minimum absolute atomic E-state index is 0.108. The van der Waals surface area contributed by atoms with Gasteiger partial charge in [-0.1, -0.05) is 36.4 Å². The Hall–Kier alpha value is -2.75. The first kappa shape index (κ1) is 15.8. The molecule has 0 saturated heterocycles. The number of hydrogen-bond acceptors (Lipinski definition) is 2. The van der Waals surface area contributed by atoms with E-state index < -0.39 is 0 Å². The SMILES string of the molecule is CN(Cc1ccccc1F)C(=O)c1cc(C2CC2)nc2ccccc12. The second-order valence-electron chi connectivity index (χ2n) is 6.64. The van der Waals surface area contributed by atoms with E-state index in [1.807, 2.05) is 30.3 Å². The highest BCUT2D eigenvalue weighted by Crippen LogP contribution is 2.40. The van der Waals surface area contributed by atoms with Gasteiger partial charge in [0.15, 0.2) is 0 Å². The number of carbonyl (C=O) groups excluding carboxylic acids is 1. The van der Waals surface area contributed by atoms with E-state index in [1.54, 1.807) is 30.1 Å².